The second-order valence-electron chi connectivity index (χ2n) is 7.67. The molecule has 2 aliphatic rings. The highest BCUT2D eigenvalue weighted by molar-refractivity contribution is 5.96. The van der Waals surface area contributed by atoms with Gasteiger partial charge in [-0.15, -0.1) is 0 Å². The molecule has 1 unspecified atom stereocenters. The van der Waals surface area contributed by atoms with Gasteiger partial charge in [0.25, 0.3) is 0 Å². The van der Waals surface area contributed by atoms with E-state index in [-0.39, 0.29) is 11.4 Å². The molecule has 0 spiro atoms. The summed E-state index contributed by atoms with van der Waals surface area (Å²) in [6.45, 7) is 0.101. The zero-order chi connectivity index (χ0) is 20.4. The fraction of sp³-hybridized carbons (Fsp3) is 0.476. The number of carbonyl (C=O) groups is 1. The number of Topliss-reactive ketones (excluding diaryl/α,β-unsaturated/α-hetero) is 1. The summed E-state index contributed by atoms with van der Waals surface area (Å²) in [5.74, 6) is 1.07. The van der Waals surface area contributed by atoms with Crippen molar-refractivity contribution in [1.29, 1.82) is 0 Å². The minimum absolute atomic E-state index is 0.106. The predicted octanol–water partition coefficient (Wildman–Crippen LogP) is 4.22. The Hall–Kier alpha value is -2.48. The van der Waals surface area contributed by atoms with Crippen molar-refractivity contribution in [2.45, 2.75) is 43.8 Å². The fourth-order valence-electron chi connectivity index (χ4n) is 3.14. The maximum Gasteiger partial charge on any atom is 0.409 e. The Balaban J connectivity index is 1.46. The number of aromatic nitrogens is 2. The number of rotatable bonds is 9. The van der Waals surface area contributed by atoms with E-state index in [4.69, 9.17) is 4.74 Å². The molecule has 0 aliphatic heterocycles. The quantitative estimate of drug-likeness (QED) is 0.633. The van der Waals surface area contributed by atoms with Crippen LogP contribution in [0.3, 0.4) is 0 Å². The van der Waals surface area contributed by atoms with Crippen LogP contribution in [-0.4, -0.2) is 35.1 Å². The lowest BCUT2D eigenvalue weighted by atomic mass is 10.1. The SMILES string of the molecule is O=C(CNC(c1ccccn1)C(F)(F)F)c1cc(OCC2CC2)c(C2CC2)cn1. The molecular formula is C21H22F3N3O2. The highest BCUT2D eigenvalue weighted by Crippen LogP contribution is 2.44. The molecule has 2 fully saturated rings. The number of hydrogen-bond donors (Lipinski definition) is 1. The first-order valence-electron chi connectivity index (χ1n) is 9.79. The Morgan fingerprint density at radius 3 is 2.62 bits per heavy atom. The first-order valence-corrected chi connectivity index (χ1v) is 9.79. The molecule has 29 heavy (non-hydrogen) atoms. The number of alkyl halides is 3. The van der Waals surface area contributed by atoms with Gasteiger partial charge >= 0.3 is 6.18 Å². The van der Waals surface area contributed by atoms with Gasteiger partial charge in [-0.2, -0.15) is 13.2 Å². The second-order valence-corrected chi connectivity index (χ2v) is 7.67. The summed E-state index contributed by atoms with van der Waals surface area (Å²) in [6, 6.07) is 3.85. The number of pyridine rings is 2. The Labute approximate surface area is 166 Å². The lowest BCUT2D eigenvalue weighted by Gasteiger charge is -2.20. The third-order valence-electron chi connectivity index (χ3n) is 5.15. The minimum Gasteiger partial charge on any atom is -0.493 e. The van der Waals surface area contributed by atoms with Gasteiger partial charge in [-0.1, -0.05) is 6.07 Å². The van der Waals surface area contributed by atoms with Crippen LogP contribution in [0.25, 0.3) is 0 Å². The molecule has 2 aliphatic carbocycles. The normalized spacial score (nSPS) is 17.8. The summed E-state index contributed by atoms with van der Waals surface area (Å²) in [6.07, 6.45) is 2.77. The second kappa shape index (κ2) is 8.10. The zero-order valence-electron chi connectivity index (χ0n) is 15.8. The third-order valence-corrected chi connectivity index (χ3v) is 5.15. The van der Waals surface area contributed by atoms with Crippen LogP contribution in [0.2, 0.25) is 0 Å². The first kappa shape index (κ1) is 19.8. The summed E-state index contributed by atoms with van der Waals surface area (Å²) in [5, 5.41) is 2.29. The largest absolute Gasteiger partial charge is 0.493 e. The monoisotopic (exact) mass is 405 g/mol. The van der Waals surface area contributed by atoms with Gasteiger partial charge in [0.05, 0.1) is 18.8 Å². The Morgan fingerprint density at radius 2 is 2.00 bits per heavy atom. The average Bonchev–Trinajstić information content (AvgIpc) is 3.60. The highest BCUT2D eigenvalue weighted by atomic mass is 19.4. The van der Waals surface area contributed by atoms with E-state index in [0.29, 0.717) is 24.2 Å². The predicted molar refractivity (Wildman–Crippen MR) is 99.8 cm³/mol. The van der Waals surface area contributed by atoms with Gasteiger partial charge in [0.2, 0.25) is 0 Å². The van der Waals surface area contributed by atoms with E-state index < -0.39 is 24.5 Å². The van der Waals surface area contributed by atoms with Crippen LogP contribution in [0.15, 0.2) is 36.7 Å². The molecular weight excluding hydrogens is 383 g/mol. The lowest BCUT2D eigenvalue weighted by Crippen LogP contribution is -2.37. The van der Waals surface area contributed by atoms with Crippen molar-refractivity contribution >= 4 is 5.78 Å². The number of nitrogens with one attached hydrogen (secondary N) is 1. The van der Waals surface area contributed by atoms with E-state index in [1.54, 1.807) is 12.3 Å². The molecule has 0 radical (unpaired) electrons. The topological polar surface area (TPSA) is 64.1 Å². The van der Waals surface area contributed by atoms with Gasteiger partial charge in [-0.05, 0) is 49.7 Å². The molecule has 4 rings (SSSR count). The van der Waals surface area contributed by atoms with Crippen LogP contribution in [-0.2, 0) is 0 Å². The van der Waals surface area contributed by atoms with Crippen LogP contribution < -0.4 is 10.1 Å². The van der Waals surface area contributed by atoms with Gasteiger partial charge in [0, 0.05) is 24.0 Å². The van der Waals surface area contributed by atoms with Crippen molar-refractivity contribution < 1.29 is 22.7 Å². The first-order chi connectivity index (χ1) is 13.9. The number of hydrogen-bond acceptors (Lipinski definition) is 5. The standard InChI is InChI=1S/C21H22F3N3O2/c22-21(23,24)20(16-3-1-2-8-25-16)27-11-18(28)17-9-19(29-12-13-4-5-13)15(10-26-17)14-6-7-14/h1-3,8-10,13-14,20,27H,4-7,11-12H2. The Kier molecular flexibility index (Phi) is 5.54. The maximum absolute atomic E-state index is 13.4. The molecule has 1 atom stereocenters. The Bertz CT molecular complexity index is 865. The van der Waals surface area contributed by atoms with Crippen LogP contribution in [0.4, 0.5) is 13.2 Å². The van der Waals surface area contributed by atoms with Gasteiger partial charge < -0.3 is 4.74 Å². The number of ether oxygens (including phenoxy) is 1. The summed E-state index contributed by atoms with van der Waals surface area (Å²) >= 11 is 0. The Morgan fingerprint density at radius 1 is 1.21 bits per heavy atom. The number of ketones is 1. The van der Waals surface area contributed by atoms with Crippen LogP contribution in [0.5, 0.6) is 5.75 Å². The van der Waals surface area contributed by atoms with Crippen molar-refractivity contribution in [3.63, 3.8) is 0 Å². The summed E-state index contributed by atoms with van der Waals surface area (Å²) in [4.78, 5) is 20.5. The van der Waals surface area contributed by atoms with E-state index in [9.17, 15) is 18.0 Å². The van der Waals surface area contributed by atoms with E-state index in [1.807, 2.05) is 0 Å². The molecule has 8 heteroatoms. The number of carbonyl (C=O) groups excluding carboxylic acids is 1. The molecule has 0 saturated heterocycles. The smallest absolute Gasteiger partial charge is 0.409 e. The molecule has 5 nitrogen and oxygen atoms in total. The number of halogens is 3. The van der Waals surface area contributed by atoms with Crippen molar-refractivity contribution in [3.05, 3.63) is 53.6 Å². The van der Waals surface area contributed by atoms with E-state index in [0.717, 1.165) is 31.2 Å². The van der Waals surface area contributed by atoms with Crippen LogP contribution in [0, 0.1) is 5.92 Å². The number of nitrogens with zero attached hydrogens (tertiary/aromatic N) is 2. The molecule has 2 aromatic heterocycles. The molecule has 154 valence electrons. The van der Waals surface area contributed by atoms with E-state index in [2.05, 4.69) is 15.3 Å². The molecule has 0 aromatic carbocycles. The molecule has 2 saturated carbocycles. The molecule has 2 heterocycles. The van der Waals surface area contributed by atoms with Crippen molar-refractivity contribution in [2.24, 2.45) is 5.92 Å². The fourth-order valence-corrected chi connectivity index (χ4v) is 3.14. The van der Waals surface area contributed by atoms with Gasteiger partial charge in [0.15, 0.2) is 5.78 Å². The van der Waals surface area contributed by atoms with Crippen molar-refractivity contribution in [1.82, 2.24) is 15.3 Å². The summed E-state index contributed by atoms with van der Waals surface area (Å²) in [5.41, 5.74) is 0.907. The third kappa shape index (κ3) is 5.12. The molecule has 0 amide bonds. The van der Waals surface area contributed by atoms with Crippen LogP contribution >= 0.6 is 0 Å². The zero-order valence-corrected chi connectivity index (χ0v) is 15.8. The van der Waals surface area contributed by atoms with Crippen LogP contribution in [0.1, 0.15) is 59.4 Å². The van der Waals surface area contributed by atoms with E-state index in [1.165, 1.54) is 24.4 Å². The summed E-state index contributed by atoms with van der Waals surface area (Å²) in [7, 11) is 0. The van der Waals surface area contributed by atoms with Gasteiger partial charge in [0.1, 0.15) is 17.5 Å². The van der Waals surface area contributed by atoms with Crippen molar-refractivity contribution in [2.75, 3.05) is 13.2 Å². The van der Waals surface area contributed by atoms with Gasteiger partial charge in [-0.25, -0.2) is 0 Å². The van der Waals surface area contributed by atoms with Gasteiger partial charge in [-0.3, -0.25) is 20.1 Å². The van der Waals surface area contributed by atoms with Crippen molar-refractivity contribution in [3.8, 4) is 5.75 Å². The minimum atomic E-state index is -4.57. The molecule has 0 bridgehead atoms. The summed E-state index contributed by atoms with van der Waals surface area (Å²) < 4.78 is 46.1. The van der Waals surface area contributed by atoms with E-state index >= 15 is 0 Å². The highest BCUT2D eigenvalue weighted by Gasteiger charge is 2.41. The molecule has 1 N–H and O–H groups in total. The lowest BCUT2D eigenvalue weighted by molar-refractivity contribution is -0.157. The average molecular weight is 405 g/mol. The maximum atomic E-state index is 13.4. The molecule has 2 aromatic rings.